The smallest absolute Gasteiger partial charge is 0.337 e. The second-order valence-electron chi connectivity index (χ2n) is 9.11. The van der Waals surface area contributed by atoms with Gasteiger partial charge in [0.25, 0.3) is 0 Å². The fourth-order valence-corrected chi connectivity index (χ4v) is 4.88. The van der Waals surface area contributed by atoms with Crippen molar-refractivity contribution in [1.29, 1.82) is 0 Å². The molecule has 0 aromatic heterocycles. The van der Waals surface area contributed by atoms with E-state index in [0.29, 0.717) is 23.4 Å². The number of amides is 2. The van der Waals surface area contributed by atoms with Crippen molar-refractivity contribution < 1.29 is 23.9 Å². The molecule has 0 fully saturated rings. The monoisotopic (exact) mass is 501 g/mol. The summed E-state index contributed by atoms with van der Waals surface area (Å²) in [7, 11) is 2.89. The highest BCUT2D eigenvalue weighted by Crippen LogP contribution is 2.42. The number of carbonyl (C=O) groups is 3. The molecule has 1 heterocycles. The molecule has 2 N–H and O–H groups in total. The van der Waals surface area contributed by atoms with Gasteiger partial charge in [0.1, 0.15) is 5.75 Å². The Labute approximate surface area is 216 Å². The molecule has 8 nitrogen and oxygen atoms in total. The number of anilines is 3. The third-order valence-electron chi connectivity index (χ3n) is 6.49. The maximum Gasteiger partial charge on any atom is 0.337 e. The Kier molecular flexibility index (Phi) is 7.47. The molecule has 0 spiro atoms. The topological polar surface area (TPSA) is 97.0 Å². The van der Waals surface area contributed by atoms with E-state index in [1.807, 2.05) is 48.2 Å². The Morgan fingerprint density at radius 1 is 0.946 bits per heavy atom. The number of methoxy groups -OCH3 is 2. The number of esters is 1. The van der Waals surface area contributed by atoms with Crippen LogP contribution in [-0.4, -0.2) is 38.0 Å². The number of ether oxygens (including phenoxy) is 2. The number of benzene rings is 3. The predicted octanol–water partition coefficient (Wildman–Crippen LogP) is 5.41. The van der Waals surface area contributed by atoms with Gasteiger partial charge in [-0.3, -0.25) is 9.59 Å². The Hall–Kier alpha value is -4.33. The molecular formula is C29H31N3O5. The Balaban J connectivity index is 1.76. The van der Waals surface area contributed by atoms with Crippen molar-refractivity contribution in [2.45, 2.75) is 39.3 Å². The first kappa shape index (κ1) is 25.8. The molecule has 0 saturated heterocycles. The summed E-state index contributed by atoms with van der Waals surface area (Å²) >= 11 is 0. The van der Waals surface area contributed by atoms with Gasteiger partial charge in [0, 0.05) is 31.3 Å². The van der Waals surface area contributed by atoms with Gasteiger partial charge in [-0.15, -0.1) is 0 Å². The largest absolute Gasteiger partial charge is 0.495 e. The lowest BCUT2D eigenvalue weighted by Crippen LogP contribution is -2.43. The average Bonchev–Trinajstić information content (AvgIpc) is 2.87. The van der Waals surface area contributed by atoms with Crippen LogP contribution in [0.5, 0.6) is 5.75 Å². The molecular weight excluding hydrogens is 470 g/mol. The van der Waals surface area contributed by atoms with Crippen LogP contribution < -0.4 is 20.3 Å². The molecule has 1 aliphatic heterocycles. The third-order valence-corrected chi connectivity index (χ3v) is 6.49. The predicted molar refractivity (Wildman–Crippen MR) is 144 cm³/mol. The maximum atomic E-state index is 12.6. The van der Waals surface area contributed by atoms with Gasteiger partial charge in [-0.25, -0.2) is 4.79 Å². The van der Waals surface area contributed by atoms with Crippen LogP contribution in [0, 0.1) is 0 Å². The van der Waals surface area contributed by atoms with Crippen molar-refractivity contribution in [1.82, 2.24) is 0 Å². The lowest BCUT2D eigenvalue weighted by atomic mass is 9.88. The lowest BCUT2D eigenvalue weighted by molar-refractivity contribution is -0.117. The van der Waals surface area contributed by atoms with Gasteiger partial charge in [-0.2, -0.15) is 0 Å². The number of carbonyl (C=O) groups excluding carboxylic acids is 3. The molecule has 0 bridgehead atoms. The van der Waals surface area contributed by atoms with Crippen molar-refractivity contribution in [3.63, 3.8) is 0 Å². The minimum atomic E-state index is -0.440. The third kappa shape index (κ3) is 5.43. The van der Waals surface area contributed by atoms with Crippen LogP contribution in [0.1, 0.15) is 49.2 Å². The molecule has 1 aliphatic rings. The zero-order valence-electron chi connectivity index (χ0n) is 21.6. The molecule has 0 saturated carbocycles. The SMILES string of the molecule is COC(=O)c1ccc(N[C@@H]2C[C@H](C)N(C(C)=O)c3ccc(-c4cccc(NC(C)=O)c4)cc32)c(OC)c1. The zero-order valence-corrected chi connectivity index (χ0v) is 21.6. The molecule has 8 heteroatoms. The van der Waals surface area contributed by atoms with Crippen molar-refractivity contribution in [2.75, 3.05) is 29.8 Å². The summed E-state index contributed by atoms with van der Waals surface area (Å²) < 4.78 is 10.4. The molecule has 192 valence electrons. The first-order chi connectivity index (χ1) is 17.7. The van der Waals surface area contributed by atoms with E-state index in [1.165, 1.54) is 14.0 Å². The minimum Gasteiger partial charge on any atom is -0.495 e. The van der Waals surface area contributed by atoms with Gasteiger partial charge < -0.3 is 25.0 Å². The normalized spacial score (nSPS) is 16.4. The van der Waals surface area contributed by atoms with Crippen LogP contribution in [0.15, 0.2) is 60.7 Å². The zero-order chi connectivity index (χ0) is 26.7. The number of hydrogen-bond donors (Lipinski definition) is 2. The summed E-state index contributed by atoms with van der Waals surface area (Å²) in [6.45, 7) is 5.08. The van der Waals surface area contributed by atoms with Crippen molar-refractivity contribution in [3.8, 4) is 16.9 Å². The maximum absolute atomic E-state index is 12.6. The minimum absolute atomic E-state index is 0.0207. The van der Waals surface area contributed by atoms with E-state index < -0.39 is 5.97 Å². The van der Waals surface area contributed by atoms with E-state index in [0.717, 1.165) is 28.1 Å². The lowest BCUT2D eigenvalue weighted by Gasteiger charge is -2.40. The van der Waals surface area contributed by atoms with E-state index in [-0.39, 0.29) is 23.9 Å². The van der Waals surface area contributed by atoms with Crippen LogP contribution >= 0.6 is 0 Å². The second kappa shape index (κ2) is 10.7. The second-order valence-corrected chi connectivity index (χ2v) is 9.11. The van der Waals surface area contributed by atoms with E-state index in [9.17, 15) is 14.4 Å². The summed E-state index contributed by atoms with van der Waals surface area (Å²) in [4.78, 5) is 37.9. The fourth-order valence-electron chi connectivity index (χ4n) is 4.88. The van der Waals surface area contributed by atoms with Gasteiger partial charge in [0.2, 0.25) is 11.8 Å². The summed E-state index contributed by atoms with van der Waals surface area (Å²) in [5.74, 6) is -0.0762. The van der Waals surface area contributed by atoms with Gasteiger partial charge in [0.05, 0.1) is 31.5 Å². The standard InChI is InChI=1S/C29H31N3O5/c1-17-13-26(31-25-11-9-22(29(35)37-5)16-28(25)36-4)24-15-21(10-12-27(24)32(17)19(3)34)20-7-6-8-23(14-20)30-18(2)33/h6-12,14-17,26,31H,13H2,1-5H3,(H,30,33)/t17-,26+/m0/s1. The Morgan fingerprint density at radius 2 is 1.70 bits per heavy atom. The highest BCUT2D eigenvalue weighted by Gasteiger charge is 2.33. The number of hydrogen-bond acceptors (Lipinski definition) is 6. The summed E-state index contributed by atoms with van der Waals surface area (Å²) in [6.07, 6.45) is 0.671. The van der Waals surface area contributed by atoms with E-state index in [2.05, 4.69) is 16.7 Å². The fraction of sp³-hybridized carbons (Fsp3) is 0.276. The summed E-state index contributed by atoms with van der Waals surface area (Å²) in [5, 5.41) is 6.40. The molecule has 3 aromatic carbocycles. The highest BCUT2D eigenvalue weighted by molar-refractivity contribution is 5.95. The number of nitrogens with one attached hydrogen (secondary N) is 2. The van der Waals surface area contributed by atoms with Crippen LogP contribution in [0.2, 0.25) is 0 Å². The molecule has 0 aliphatic carbocycles. The summed E-state index contributed by atoms with van der Waals surface area (Å²) in [6, 6.07) is 18.7. The molecule has 2 amide bonds. The van der Waals surface area contributed by atoms with Gasteiger partial charge in [-0.1, -0.05) is 18.2 Å². The van der Waals surface area contributed by atoms with E-state index in [1.54, 1.807) is 32.2 Å². The van der Waals surface area contributed by atoms with Gasteiger partial charge >= 0.3 is 5.97 Å². The number of nitrogens with zero attached hydrogens (tertiary/aromatic N) is 1. The van der Waals surface area contributed by atoms with Crippen LogP contribution in [0.4, 0.5) is 17.1 Å². The van der Waals surface area contributed by atoms with Crippen LogP contribution in [0.3, 0.4) is 0 Å². The van der Waals surface area contributed by atoms with Crippen LogP contribution in [0.25, 0.3) is 11.1 Å². The highest BCUT2D eigenvalue weighted by atomic mass is 16.5. The molecule has 2 atom stereocenters. The first-order valence-electron chi connectivity index (χ1n) is 12.1. The van der Waals surface area contributed by atoms with Gasteiger partial charge in [-0.05, 0) is 72.5 Å². The van der Waals surface area contributed by atoms with Crippen molar-refractivity contribution in [2.24, 2.45) is 0 Å². The molecule has 0 unspecified atom stereocenters. The van der Waals surface area contributed by atoms with Crippen molar-refractivity contribution in [3.05, 3.63) is 71.8 Å². The first-order valence-corrected chi connectivity index (χ1v) is 12.1. The van der Waals surface area contributed by atoms with Crippen molar-refractivity contribution >= 4 is 34.8 Å². The molecule has 4 rings (SSSR count). The van der Waals surface area contributed by atoms with Crippen LogP contribution in [-0.2, 0) is 14.3 Å². The number of rotatable bonds is 6. The quantitative estimate of drug-likeness (QED) is 0.439. The molecule has 3 aromatic rings. The van der Waals surface area contributed by atoms with E-state index >= 15 is 0 Å². The Bertz CT molecular complexity index is 1350. The Morgan fingerprint density at radius 3 is 2.38 bits per heavy atom. The number of fused-ring (bicyclic) bond motifs is 1. The molecule has 37 heavy (non-hydrogen) atoms. The summed E-state index contributed by atoms with van der Waals surface area (Å²) in [5.41, 5.74) is 5.56. The molecule has 0 radical (unpaired) electrons. The average molecular weight is 502 g/mol. The van der Waals surface area contributed by atoms with E-state index in [4.69, 9.17) is 9.47 Å². The van der Waals surface area contributed by atoms with Gasteiger partial charge in [0.15, 0.2) is 0 Å².